The lowest BCUT2D eigenvalue weighted by Gasteiger charge is -2.16. The number of hydrogen-bond acceptors (Lipinski definition) is 3. The minimum Gasteiger partial charge on any atom is -0.460 e. The molecule has 0 aliphatic heterocycles. The van der Waals surface area contributed by atoms with Gasteiger partial charge < -0.3 is 4.74 Å². The van der Waals surface area contributed by atoms with E-state index in [2.05, 4.69) is 6.58 Å². The minimum absolute atomic E-state index is 0.0644. The molecule has 27 heavy (non-hydrogen) atoms. The van der Waals surface area contributed by atoms with Crippen LogP contribution in [0.25, 0.3) is 6.08 Å². The van der Waals surface area contributed by atoms with Crippen molar-refractivity contribution in [2.24, 2.45) is 11.3 Å². The summed E-state index contributed by atoms with van der Waals surface area (Å²) in [5.41, 5.74) is 2.42. The first-order chi connectivity index (χ1) is 12.6. The van der Waals surface area contributed by atoms with E-state index in [0.29, 0.717) is 6.61 Å². The van der Waals surface area contributed by atoms with Gasteiger partial charge in [0, 0.05) is 11.5 Å². The summed E-state index contributed by atoms with van der Waals surface area (Å²) in [6, 6.07) is 17.2. The van der Waals surface area contributed by atoms with E-state index in [1.807, 2.05) is 89.2 Å². The molecule has 144 valence electrons. The highest BCUT2D eigenvalue weighted by Gasteiger charge is 2.22. The van der Waals surface area contributed by atoms with Crippen molar-refractivity contribution in [3.05, 3.63) is 77.9 Å². The highest BCUT2D eigenvalue weighted by Crippen LogP contribution is 2.16. The molecule has 0 bridgehead atoms. The fourth-order valence-corrected chi connectivity index (χ4v) is 2.06. The van der Waals surface area contributed by atoms with Gasteiger partial charge in [-0.25, -0.2) is 0 Å². The zero-order valence-electron chi connectivity index (χ0n) is 17.0. The highest BCUT2D eigenvalue weighted by molar-refractivity contribution is 5.97. The third-order valence-corrected chi connectivity index (χ3v) is 3.78. The van der Waals surface area contributed by atoms with Crippen molar-refractivity contribution >= 4 is 17.8 Å². The second-order valence-corrected chi connectivity index (χ2v) is 7.66. The van der Waals surface area contributed by atoms with Crippen LogP contribution in [0.4, 0.5) is 0 Å². The number of carbonyl (C=O) groups is 2. The lowest BCUT2D eigenvalue weighted by molar-refractivity contribution is -0.154. The molecule has 0 unspecified atom stereocenters. The van der Waals surface area contributed by atoms with Crippen LogP contribution in [-0.2, 0) is 16.1 Å². The summed E-state index contributed by atoms with van der Waals surface area (Å²) in [7, 11) is 0. The number of ketones is 1. The Balaban J connectivity index is 0.000000271. The quantitative estimate of drug-likeness (QED) is 0.485. The molecule has 0 saturated heterocycles. The molecule has 0 aliphatic rings. The molecule has 3 heteroatoms. The van der Waals surface area contributed by atoms with E-state index in [4.69, 9.17) is 4.74 Å². The fourth-order valence-electron chi connectivity index (χ4n) is 2.06. The zero-order valence-corrected chi connectivity index (χ0v) is 17.0. The van der Waals surface area contributed by atoms with Crippen LogP contribution in [0.3, 0.4) is 0 Å². The maximum Gasteiger partial charge on any atom is 0.311 e. The number of carbonyl (C=O) groups excluding carboxylic acids is 2. The van der Waals surface area contributed by atoms with Gasteiger partial charge in [-0.2, -0.15) is 0 Å². The minimum atomic E-state index is -0.422. The molecule has 0 fully saturated rings. The summed E-state index contributed by atoms with van der Waals surface area (Å²) in [4.78, 5) is 22.9. The molecule has 0 radical (unpaired) electrons. The van der Waals surface area contributed by atoms with E-state index in [-0.39, 0.29) is 17.7 Å². The molecule has 0 aromatic heterocycles. The van der Waals surface area contributed by atoms with Crippen molar-refractivity contribution in [3.63, 3.8) is 0 Å². The standard InChI is InChI=1S/C12H16O2.C12H14O/c1-12(2,3)11(13)14-9-10-7-5-4-6-8-10;1-4-10-5-7-11(8-6-10)12(13)9(2)3/h4-8H,9H2,1-3H3;4-9H,1H2,2-3H3. The van der Waals surface area contributed by atoms with E-state index in [1.54, 1.807) is 6.08 Å². The molecule has 0 aliphatic carbocycles. The maximum atomic E-state index is 11.5. The number of esters is 1. The molecule has 3 nitrogen and oxygen atoms in total. The van der Waals surface area contributed by atoms with Crippen molar-refractivity contribution in [1.29, 1.82) is 0 Å². The van der Waals surface area contributed by atoms with Gasteiger partial charge in [-0.05, 0) is 31.9 Å². The van der Waals surface area contributed by atoms with E-state index in [9.17, 15) is 9.59 Å². The molecule has 0 amide bonds. The van der Waals surface area contributed by atoms with Gasteiger partial charge in [0.25, 0.3) is 0 Å². The Hall–Kier alpha value is -2.68. The number of benzene rings is 2. The SMILES string of the molecule is C=Cc1ccc(C(=O)C(C)C)cc1.CC(C)(C)C(=O)OCc1ccccc1. The largest absolute Gasteiger partial charge is 0.460 e. The number of Topliss-reactive ketones (excluding diaryl/α,β-unsaturated/α-hetero) is 1. The predicted molar refractivity (Wildman–Crippen MR) is 111 cm³/mol. The van der Waals surface area contributed by atoms with E-state index < -0.39 is 5.41 Å². The van der Waals surface area contributed by atoms with E-state index in [0.717, 1.165) is 16.7 Å². The Bertz CT molecular complexity index is 735. The lowest BCUT2D eigenvalue weighted by atomic mass is 9.97. The van der Waals surface area contributed by atoms with Crippen molar-refractivity contribution in [2.75, 3.05) is 0 Å². The average Bonchev–Trinajstić information content (AvgIpc) is 2.66. The van der Waals surface area contributed by atoms with Gasteiger partial charge in [0.1, 0.15) is 6.61 Å². The first-order valence-electron chi connectivity index (χ1n) is 9.13. The summed E-state index contributed by atoms with van der Waals surface area (Å²) < 4.78 is 5.15. The van der Waals surface area contributed by atoms with Crippen LogP contribution >= 0.6 is 0 Å². The van der Waals surface area contributed by atoms with E-state index in [1.165, 1.54) is 0 Å². The second-order valence-electron chi connectivity index (χ2n) is 7.66. The number of ether oxygens (including phenoxy) is 1. The zero-order chi connectivity index (χ0) is 20.4. The van der Waals surface area contributed by atoms with Gasteiger partial charge in [-0.1, -0.05) is 81.1 Å². The van der Waals surface area contributed by atoms with Gasteiger partial charge in [-0.15, -0.1) is 0 Å². The molecule has 0 spiro atoms. The van der Waals surface area contributed by atoms with Crippen LogP contribution in [0.5, 0.6) is 0 Å². The van der Waals surface area contributed by atoms with Gasteiger partial charge in [0.05, 0.1) is 5.41 Å². The maximum absolute atomic E-state index is 11.5. The first kappa shape index (κ1) is 22.4. The van der Waals surface area contributed by atoms with Gasteiger partial charge in [-0.3, -0.25) is 9.59 Å². The van der Waals surface area contributed by atoms with Crippen LogP contribution < -0.4 is 0 Å². The highest BCUT2D eigenvalue weighted by atomic mass is 16.5. The van der Waals surface area contributed by atoms with Gasteiger partial charge in [0.2, 0.25) is 0 Å². The Morgan fingerprint density at radius 1 is 1.00 bits per heavy atom. The number of hydrogen-bond donors (Lipinski definition) is 0. The summed E-state index contributed by atoms with van der Waals surface area (Å²) in [5, 5.41) is 0. The normalized spacial score (nSPS) is 10.6. The van der Waals surface area contributed by atoms with Crippen LogP contribution in [0.15, 0.2) is 61.2 Å². The smallest absolute Gasteiger partial charge is 0.311 e. The fraction of sp³-hybridized carbons (Fsp3) is 0.333. The monoisotopic (exact) mass is 366 g/mol. The first-order valence-corrected chi connectivity index (χ1v) is 9.13. The Morgan fingerprint density at radius 3 is 2.00 bits per heavy atom. The molecule has 0 saturated carbocycles. The topological polar surface area (TPSA) is 43.4 Å². The molecule has 2 rings (SSSR count). The molecular formula is C24H30O3. The van der Waals surface area contributed by atoms with Crippen LogP contribution in [0.2, 0.25) is 0 Å². The average molecular weight is 367 g/mol. The van der Waals surface area contributed by atoms with Crippen molar-refractivity contribution in [1.82, 2.24) is 0 Å². The summed E-state index contributed by atoms with van der Waals surface area (Å²) in [6.45, 7) is 13.4. The molecule has 2 aromatic carbocycles. The van der Waals surface area contributed by atoms with Crippen LogP contribution in [0, 0.1) is 11.3 Å². The summed E-state index contributed by atoms with van der Waals surface area (Å²) in [5.74, 6) is 0.0894. The van der Waals surface area contributed by atoms with Crippen molar-refractivity contribution < 1.29 is 14.3 Å². The van der Waals surface area contributed by atoms with E-state index >= 15 is 0 Å². The van der Waals surface area contributed by atoms with Gasteiger partial charge in [0.15, 0.2) is 5.78 Å². The molecule has 0 N–H and O–H groups in total. The third-order valence-electron chi connectivity index (χ3n) is 3.78. The molecule has 2 aromatic rings. The third kappa shape index (κ3) is 8.04. The Labute approximate surface area is 163 Å². The Morgan fingerprint density at radius 2 is 1.56 bits per heavy atom. The van der Waals surface area contributed by atoms with Crippen molar-refractivity contribution in [2.45, 2.75) is 41.2 Å². The molecular weight excluding hydrogens is 336 g/mol. The van der Waals surface area contributed by atoms with Crippen LogP contribution in [0.1, 0.15) is 56.1 Å². The number of rotatable bonds is 5. The van der Waals surface area contributed by atoms with Gasteiger partial charge >= 0.3 is 5.97 Å². The van der Waals surface area contributed by atoms with Crippen LogP contribution in [-0.4, -0.2) is 11.8 Å². The molecule has 0 atom stereocenters. The lowest BCUT2D eigenvalue weighted by Crippen LogP contribution is -2.22. The summed E-state index contributed by atoms with van der Waals surface area (Å²) in [6.07, 6.45) is 1.77. The molecule has 0 heterocycles. The summed E-state index contributed by atoms with van der Waals surface area (Å²) >= 11 is 0. The Kier molecular flexibility index (Phi) is 8.67. The predicted octanol–water partition coefficient (Wildman–Crippen LogP) is 5.94. The second kappa shape index (κ2) is 10.5. The van der Waals surface area contributed by atoms with Crippen molar-refractivity contribution in [3.8, 4) is 0 Å².